The van der Waals surface area contributed by atoms with Gasteiger partial charge in [0.05, 0.1) is 0 Å². The first-order chi connectivity index (χ1) is 9.69. The van der Waals surface area contributed by atoms with Gasteiger partial charge in [-0.1, -0.05) is 57.9 Å². The molecule has 0 aliphatic heterocycles. The van der Waals surface area contributed by atoms with Crippen LogP contribution in [0.3, 0.4) is 0 Å². The molecule has 0 amide bonds. The predicted octanol–water partition coefficient (Wildman–Crippen LogP) is 4.72. The highest BCUT2D eigenvalue weighted by Crippen LogP contribution is 2.22. The molecule has 0 heterocycles. The molecule has 0 aliphatic rings. The van der Waals surface area contributed by atoms with Crippen molar-refractivity contribution in [2.75, 3.05) is 13.6 Å². The number of nitrogens with one attached hydrogen (secondary N) is 1. The molecule has 20 heavy (non-hydrogen) atoms. The smallest absolute Gasteiger partial charge is 0.0408 e. The van der Waals surface area contributed by atoms with E-state index in [0.717, 1.165) is 24.4 Å². The van der Waals surface area contributed by atoms with Gasteiger partial charge >= 0.3 is 0 Å². The molecule has 0 bridgehead atoms. The Kier molecular flexibility index (Phi) is 6.08. The summed E-state index contributed by atoms with van der Waals surface area (Å²) in [5.74, 6) is 0.553. The number of benzene rings is 2. The third-order valence-electron chi connectivity index (χ3n) is 3.37. The SMILES string of the molecule is CNCC(Cc1cccc(Cl)c1)Cc1ccccc1Br. The van der Waals surface area contributed by atoms with Crippen molar-refractivity contribution in [3.63, 3.8) is 0 Å². The Morgan fingerprint density at radius 1 is 1.10 bits per heavy atom. The quantitative estimate of drug-likeness (QED) is 0.793. The van der Waals surface area contributed by atoms with E-state index in [0.29, 0.717) is 5.92 Å². The summed E-state index contributed by atoms with van der Waals surface area (Å²) in [7, 11) is 2.00. The average Bonchev–Trinajstić information content (AvgIpc) is 2.42. The van der Waals surface area contributed by atoms with Gasteiger partial charge in [0.1, 0.15) is 0 Å². The van der Waals surface area contributed by atoms with E-state index < -0.39 is 0 Å². The molecule has 0 saturated carbocycles. The van der Waals surface area contributed by atoms with E-state index in [9.17, 15) is 0 Å². The van der Waals surface area contributed by atoms with Crippen LogP contribution in [0.2, 0.25) is 5.02 Å². The fourth-order valence-electron chi connectivity index (χ4n) is 2.48. The first-order valence-corrected chi connectivity index (χ1v) is 7.98. The van der Waals surface area contributed by atoms with Crippen LogP contribution in [0.15, 0.2) is 53.0 Å². The van der Waals surface area contributed by atoms with Crippen molar-refractivity contribution < 1.29 is 0 Å². The Morgan fingerprint density at radius 2 is 1.90 bits per heavy atom. The third kappa shape index (κ3) is 4.62. The maximum absolute atomic E-state index is 6.07. The second kappa shape index (κ2) is 7.82. The maximum Gasteiger partial charge on any atom is 0.0408 e. The zero-order valence-corrected chi connectivity index (χ0v) is 13.9. The number of hydrogen-bond donors (Lipinski definition) is 1. The van der Waals surface area contributed by atoms with E-state index in [1.54, 1.807) is 0 Å². The van der Waals surface area contributed by atoms with Crippen molar-refractivity contribution in [1.29, 1.82) is 0 Å². The summed E-state index contributed by atoms with van der Waals surface area (Å²) >= 11 is 9.70. The molecule has 0 saturated heterocycles. The molecule has 0 radical (unpaired) electrons. The van der Waals surface area contributed by atoms with Crippen molar-refractivity contribution in [3.05, 3.63) is 69.2 Å². The van der Waals surface area contributed by atoms with Gasteiger partial charge in [-0.2, -0.15) is 0 Å². The molecule has 1 N–H and O–H groups in total. The van der Waals surface area contributed by atoms with Crippen LogP contribution < -0.4 is 5.32 Å². The number of rotatable bonds is 6. The minimum absolute atomic E-state index is 0.553. The lowest BCUT2D eigenvalue weighted by molar-refractivity contribution is 0.492. The highest BCUT2D eigenvalue weighted by atomic mass is 79.9. The van der Waals surface area contributed by atoms with Crippen LogP contribution in [0.1, 0.15) is 11.1 Å². The Balaban J connectivity index is 2.09. The summed E-state index contributed by atoms with van der Waals surface area (Å²) in [5.41, 5.74) is 2.65. The van der Waals surface area contributed by atoms with Crippen molar-refractivity contribution in [3.8, 4) is 0 Å². The molecular weight excluding hydrogens is 334 g/mol. The fourth-order valence-corrected chi connectivity index (χ4v) is 3.14. The van der Waals surface area contributed by atoms with E-state index in [-0.39, 0.29) is 0 Å². The van der Waals surface area contributed by atoms with Gasteiger partial charge in [-0.25, -0.2) is 0 Å². The normalized spacial score (nSPS) is 12.3. The topological polar surface area (TPSA) is 12.0 Å². The Hall–Kier alpha value is -0.830. The Bertz CT molecular complexity index is 556. The fraction of sp³-hybridized carbons (Fsp3) is 0.294. The van der Waals surface area contributed by atoms with Crippen LogP contribution in [0.4, 0.5) is 0 Å². The molecule has 0 aliphatic carbocycles. The number of hydrogen-bond acceptors (Lipinski definition) is 1. The second-order valence-electron chi connectivity index (χ2n) is 5.05. The largest absolute Gasteiger partial charge is 0.319 e. The highest BCUT2D eigenvalue weighted by molar-refractivity contribution is 9.10. The zero-order chi connectivity index (χ0) is 14.4. The lowest BCUT2D eigenvalue weighted by Crippen LogP contribution is -2.23. The van der Waals surface area contributed by atoms with E-state index in [1.165, 1.54) is 15.6 Å². The summed E-state index contributed by atoms with van der Waals surface area (Å²) in [6.45, 7) is 0.994. The lowest BCUT2D eigenvalue weighted by Gasteiger charge is -2.18. The monoisotopic (exact) mass is 351 g/mol. The van der Waals surface area contributed by atoms with Crippen molar-refractivity contribution in [2.24, 2.45) is 5.92 Å². The number of halogens is 2. The Morgan fingerprint density at radius 3 is 2.60 bits per heavy atom. The molecule has 0 fully saturated rings. The standard InChI is InChI=1S/C17H19BrClN/c1-20-12-14(9-13-5-4-7-16(19)11-13)10-15-6-2-3-8-17(15)18/h2-8,11,14,20H,9-10,12H2,1H3. The first kappa shape index (κ1) is 15.6. The second-order valence-corrected chi connectivity index (χ2v) is 6.34. The lowest BCUT2D eigenvalue weighted by atomic mass is 9.92. The van der Waals surface area contributed by atoms with Crippen molar-refractivity contribution in [2.45, 2.75) is 12.8 Å². The van der Waals surface area contributed by atoms with Gasteiger partial charge in [0.15, 0.2) is 0 Å². The van der Waals surface area contributed by atoms with Gasteiger partial charge in [0.2, 0.25) is 0 Å². The minimum Gasteiger partial charge on any atom is -0.319 e. The molecule has 1 nitrogen and oxygen atoms in total. The van der Waals surface area contributed by atoms with Crippen LogP contribution in [0.25, 0.3) is 0 Å². The average molecular weight is 353 g/mol. The molecule has 0 spiro atoms. The van der Waals surface area contributed by atoms with Crippen LogP contribution in [-0.4, -0.2) is 13.6 Å². The highest BCUT2D eigenvalue weighted by Gasteiger charge is 2.12. The van der Waals surface area contributed by atoms with Crippen LogP contribution in [0.5, 0.6) is 0 Å². The maximum atomic E-state index is 6.07. The van der Waals surface area contributed by atoms with Crippen molar-refractivity contribution in [1.82, 2.24) is 5.32 Å². The molecule has 2 aromatic rings. The van der Waals surface area contributed by atoms with Crippen LogP contribution in [-0.2, 0) is 12.8 Å². The van der Waals surface area contributed by atoms with Gasteiger partial charge in [-0.3, -0.25) is 0 Å². The summed E-state index contributed by atoms with van der Waals surface area (Å²) in [6, 6.07) is 16.6. The van der Waals surface area contributed by atoms with E-state index in [2.05, 4.69) is 57.6 Å². The summed E-state index contributed by atoms with van der Waals surface area (Å²) in [4.78, 5) is 0. The minimum atomic E-state index is 0.553. The third-order valence-corrected chi connectivity index (χ3v) is 4.38. The molecule has 106 valence electrons. The molecule has 1 atom stereocenters. The summed E-state index contributed by atoms with van der Waals surface area (Å²) in [5, 5.41) is 4.11. The van der Waals surface area contributed by atoms with Gasteiger partial charge in [-0.15, -0.1) is 0 Å². The van der Waals surface area contributed by atoms with Crippen molar-refractivity contribution >= 4 is 27.5 Å². The molecule has 0 aromatic heterocycles. The van der Waals surface area contributed by atoms with Gasteiger partial charge < -0.3 is 5.32 Å². The zero-order valence-electron chi connectivity index (χ0n) is 11.6. The molecule has 1 unspecified atom stereocenters. The van der Waals surface area contributed by atoms with Gasteiger partial charge in [0, 0.05) is 9.50 Å². The van der Waals surface area contributed by atoms with Crippen LogP contribution in [0, 0.1) is 5.92 Å². The first-order valence-electron chi connectivity index (χ1n) is 6.81. The van der Waals surface area contributed by atoms with Crippen LogP contribution >= 0.6 is 27.5 Å². The van der Waals surface area contributed by atoms with E-state index in [1.807, 2.05) is 19.2 Å². The molecule has 3 heteroatoms. The predicted molar refractivity (Wildman–Crippen MR) is 90.4 cm³/mol. The van der Waals surface area contributed by atoms with Gasteiger partial charge in [-0.05, 0) is 61.7 Å². The van der Waals surface area contributed by atoms with E-state index >= 15 is 0 Å². The summed E-state index contributed by atoms with van der Waals surface area (Å²) in [6.07, 6.45) is 2.08. The van der Waals surface area contributed by atoms with E-state index in [4.69, 9.17) is 11.6 Å². The van der Waals surface area contributed by atoms with Gasteiger partial charge in [0.25, 0.3) is 0 Å². The Labute approximate surface area is 134 Å². The molecular formula is C17H19BrClN. The summed E-state index contributed by atoms with van der Waals surface area (Å²) < 4.78 is 1.19. The molecule has 2 rings (SSSR count). The molecule has 2 aromatic carbocycles.